The Balaban J connectivity index is 1.85. The molecule has 2 aromatic carbocycles. The predicted molar refractivity (Wildman–Crippen MR) is 88.1 cm³/mol. The minimum atomic E-state index is -4.58. The lowest BCUT2D eigenvalue weighted by molar-refractivity contribution is -0.137. The van der Waals surface area contributed by atoms with E-state index < -0.39 is 17.6 Å². The van der Waals surface area contributed by atoms with Crippen LogP contribution in [0.25, 0.3) is 0 Å². The van der Waals surface area contributed by atoms with Crippen molar-refractivity contribution in [3.05, 3.63) is 64.4 Å². The van der Waals surface area contributed by atoms with Crippen molar-refractivity contribution in [1.29, 1.82) is 0 Å². The van der Waals surface area contributed by atoms with Crippen LogP contribution < -0.4 is 10.6 Å². The van der Waals surface area contributed by atoms with Crippen LogP contribution in [0.2, 0.25) is 5.02 Å². The average Bonchev–Trinajstić information content (AvgIpc) is 2.54. The lowest BCUT2D eigenvalue weighted by atomic mass is 10.1. The number of nitrogens with one attached hydrogen (secondary N) is 2. The molecular weight excluding hydrogens is 360 g/mol. The van der Waals surface area contributed by atoms with Crippen LogP contribution in [0.5, 0.6) is 0 Å². The van der Waals surface area contributed by atoms with E-state index >= 15 is 0 Å². The molecule has 0 radical (unpaired) electrons. The van der Waals surface area contributed by atoms with Gasteiger partial charge < -0.3 is 10.6 Å². The van der Waals surface area contributed by atoms with Gasteiger partial charge in [-0.25, -0.2) is 4.39 Å². The fraction of sp³-hybridized carbons (Fsp3) is 0.235. The van der Waals surface area contributed by atoms with Gasteiger partial charge in [0.05, 0.1) is 12.1 Å². The summed E-state index contributed by atoms with van der Waals surface area (Å²) in [5, 5.41) is 5.01. The number of anilines is 1. The molecule has 0 aliphatic heterocycles. The lowest BCUT2D eigenvalue weighted by Crippen LogP contribution is -2.31. The first-order valence-electron chi connectivity index (χ1n) is 7.37. The summed E-state index contributed by atoms with van der Waals surface area (Å²) in [5.74, 6) is -0.800. The zero-order valence-corrected chi connectivity index (χ0v) is 13.7. The largest absolute Gasteiger partial charge is 0.418 e. The Morgan fingerprint density at radius 3 is 2.40 bits per heavy atom. The number of hydrogen-bond donors (Lipinski definition) is 2. The van der Waals surface area contributed by atoms with Gasteiger partial charge in [-0.2, -0.15) is 13.2 Å². The fourth-order valence-corrected chi connectivity index (χ4v) is 2.31. The molecule has 0 aliphatic carbocycles. The molecule has 0 unspecified atom stereocenters. The minimum absolute atomic E-state index is 0.0402. The van der Waals surface area contributed by atoms with Crippen molar-refractivity contribution in [2.24, 2.45) is 0 Å². The van der Waals surface area contributed by atoms with E-state index in [9.17, 15) is 22.4 Å². The molecule has 3 nitrogen and oxygen atoms in total. The van der Waals surface area contributed by atoms with E-state index in [0.717, 1.165) is 11.6 Å². The van der Waals surface area contributed by atoms with Gasteiger partial charge in [-0.15, -0.1) is 0 Å². The van der Waals surface area contributed by atoms with E-state index in [1.807, 2.05) is 0 Å². The molecular formula is C17H15ClF4N2O. The third-order valence-electron chi connectivity index (χ3n) is 3.38. The van der Waals surface area contributed by atoms with Crippen molar-refractivity contribution in [2.45, 2.75) is 12.6 Å². The molecule has 2 N–H and O–H groups in total. The smallest absolute Gasteiger partial charge is 0.376 e. The van der Waals surface area contributed by atoms with E-state index in [1.54, 1.807) is 12.1 Å². The monoisotopic (exact) mass is 374 g/mol. The van der Waals surface area contributed by atoms with Crippen molar-refractivity contribution in [3.63, 3.8) is 0 Å². The van der Waals surface area contributed by atoms with Crippen molar-refractivity contribution in [1.82, 2.24) is 5.32 Å². The number of carbonyl (C=O) groups is 1. The van der Waals surface area contributed by atoms with Crippen LogP contribution in [0, 0.1) is 5.82 Å². The maximum Gasteiger partial charge on any atom is 0.418 e. The van der Waals surface area contributed by atoms with Gasteiger partial charge in [0.2, 0.25) is 5.91 Å². The highest BCUT2D eigenvalue weighted by Crippen LogP contribution is 2.36. The number of alkyl halides is 3. The van der Waals surface area contributed by atoms with Gasteiger partial charge in [0.15, 0.2) is 0 Å². The number of amides is 1. The Morgan fingerprint density at radius 2 is 1.76 bits per heavy atom. The quantitative estimate of drug-likeness (QED) is 0.741. The van der Waals surface area contributed by atoms with Gasteiger partial charge in [-0.1, -0.05) is 23.7 Å². The molecule has 25 heavy (non-hydrogen) atoms. The summed E-state index contributed by atoms with van der Waals surface area (Å²) in [7, 11) is 0. The molecule has 0 saturated heterocycles. The van der Waals surface area contributed by atoms with E-state index in [-0.39, 0.29) is 23.1 Å². The lowest BCUT2D eigenvalue weighted by Gasteiger charge is -2.15. The predicted octanol–water partition coefficient (Wildman–Crippen LogP) is 4.27. The topological polar surface area (TPSA) is 41.1 Å². The molecule has 0 bridgehead atoms. The van der Waals surface area contributed by atoms with Crippen LogP contribution in [-0.4, -0.2) is 19.0 Å². The first-order valence-corrected chi connectivity index (χ1v) is 7.75. The Labute approximate surface area is 147 Å². The molecule has 0 aliphatic rings. The van der Waals surface area contributed by atoms with Crippen LogP contribution in [0.4, 0.5) is 23.2 Å². The molecule has 0 spiro atoms. The molecule has 0 heterocycles. The molecule has 2 aromatic rings. The van der Waals surface area contributed by atoms with Crippen molar-refractivity contribution in [3.8, 4) is 0 Å². The minimum Gasteiger partial charge on any atom is -0.376 e. The zero-order valence-electron chi connectivity index (χ0n) is 13.0. The first kappa shape index (κ1) is 19.1. The van der Waals surface area contributed by atoms with Crippen LogP contribution in [0.3, 0.4) is 0 Å². The molecule has 8 heteroatoms. The third-order valence-corrected chi connectivity index (χ3v) is 3.61. The molecule has 0 atom stereocenters. The molecule has 0 saturated carbocycles. The maximum absolute atomic E-state index is 12.9. The van der Waals surface area contributed by atoms with Crippen LogP contribution in [0.15, 0.2) is 42.5 Å². The number of rotatable bonds is 6. The number of benzene rings is 2. The number of carbonyl (C=O) groups excluding carboxylic acids is 1. The highest BCUT2D eigenvalue weighted by atomic mass is 35.5. The van der Waals surface area contributed by atoms with Gasteiger partial charge in [0.1, 0.15) is 5.82 Å². The highest BCUT2D eigenvalue weighted by molar-refractivity contribution is 6.30. The number of hydrogen-bond acceptors (Lipinski definition) is 2. The van der Waals surface area contributed by atoms with E-state index in [2.05, 4.69) is 10.6 Å². The van der Waals surface area contributed by atoms with E-state index in [1.165, 1.54) is 24.3 Å². The normalized spacial score (nSPS) is 11.2. The van der Waals surface area contributed by atoms with Crippen LogP contribution in [-0.2, 0) is 17.4 Å². The molecule has 134 valence electrons. The van der Waals surface area contributed by atoms with Gasteiger partial charge in [-0.05, 0) is 42.3 Å². The fourth-order valence-electron chi connectivity index (χ4n) is 2.14. The zero-order chi connectivity index (χ0) is 18.4. The van der Waals surface area contributed by atoms with Gasteiger partial charge >= 0.3 is 6.18 Å². The van der Waals surface area contributed by atoms with Crippen molar-refractivity contribution in [2.75, 3.05) is 18.4 Å². The van der Waals surface area contributed by atoms with E-state index in [4.69, 9.17) is 11.6 Å². The Morgan fingerprint density at radius 1 is 1.08 bits per heavy atom. The van der Waals surface area contributed by atoms with Crippen molar-refractivity contribution >= 4 is 23.2 Å². The average molecular weight is 375 g/mol. The highest BCUT2D eigenvalue weighted by Gasteiger charge is 2.33. The second kappa shape index (κ2) is 8.20. The maximum atomic E-state index is 12.9. The Kier molecular flexibility index (Phi) is 6.25. The summed E-state index contributed by atoms with van der Waals surface area (Å²) in [5.41, 5.74) is -0.309. The van der Waals surface area contributed by atoms with Gasteiger partial charge in [-0.3, -0.25) is 4.79 Å². The Bertz CT molecular complexity index is 732. The SMILES string of the molecule is O=C(CNc1ccc(Cl)cc1C(F)(F)F)NCCc1ccc(F)cc1. The number of halogens is 5. The molecule has 2 rings (SSSR count). The summed E-state index contributed by atoms with van der Waals surface area (Å²) in [6.07, 6.45) is -4.09. The van der Waals surface area contributed by atoms with E-state index in [0.29, 0.717) is 13.0 Å². The summed E-state index contributed by atoms with van der Waals surface area (Å²) in [6.45, 7) is -0.0208. The molecule has 0 fully saturated rings. The van der Waals surface area contributed by atoms with Crippen LogP contribution >= 0.6 is 11.6 Å². The standard InChI is InChI=1S/C17H15ClF4N2O/c18-12-3-6-15(14(9-12)17(20,21)22)24-10-16(25)23-8-7-11-1-4-13(19)5-2-11/h1-6,9,24H,7-8,10H2,(H,23,25). The summed E-state index contributed by atoms with van der Waals surface area (Å²) in [4.78, 5) is 11.7. The van der Waals surface area contributed by atoms with Crippen molar-refractivity contribution < 1.29 is 22.4 Å². The first-order chi connectivity index (χ1) is 11.8. The second-order valence-electron chi connectivity index (χ2n) is 5.27. The van der Waals surface area contributed by atoms with Gasteiger partial charge in [0, 0.05) is 17.3 Å². The summed E-state index contributed by atoms with van der Waals surface area (Å²) < 4.78 is 51.6. The summed E-state index contributed by atoms with van der Waals surface area (Å²) >= 11 is 5.59. The Hall–Kier alpha value is -2.28. The molecule has 1 amide bonds. The summed E-state index contributed by atoms with van der Waals surface area (Å²) in [6, 6.07) is 9.13. The molecule has 0 aromatic heterocycles. The third kappa shape index (κ3) is 5.94. The van der Waals surface area contributed by atoms with Gasteiger partial charge in [0.25, 0.3) is 0 Å². The second-order valence-corrected chi connectivity index (χ2v) is 5.70. The van der Waals surface area contributed by atoms with Crippen LogP contribution in [0.1, 0.15) is 11.1 Å².